The number of carbonyl (C=O) groups is 2. The van der Waals surface area contributed by atoms with Crippen LogP contribution in [0.2, 0.25) is 5.02 Å². The molecule has 0 aromatic heterocycles. The Hall–Kier alpha value is -3.60. The van der Waals surface area contributed by atoms with Crippen LogP contribution in [-0.2, 0) is 22.4 Å². The summed E-state index contributed by atoms with van der Waals surface area (Å²) in [5.41, 5.74) is 2.05. The second-order valence-electron chi connectivity index (χ2n) is 7.84. The average molecular weight is 506 g/mol. The Kier molecular flexibility index (Phi) is 7.86. The normalized spacial score (nSPS) is 16.7. The molecule has 1 aliphatic rings. The van der Waals surface area contributed by atoms with Gasteiger partial charge in [-0.1, -0.05) is 71.9 Å². The van der Waals surface area contributed by atoms with Crippen LogP contribution >= 0.6 is 23.4 Å². The number of nitrogens with one attached hydrogen (secondary N) is 1. The first kappa shape index (κ1) is 24.5. The highest BCUT2D eigenvalue weighted by atomic mass is 35.5. The molecule has 176 valence electrons. The lowest BCUT2D eigenvalue weighted by atomic mass is 10.1. The van der Waals surface area contributed by atoms with E-state index in [1.54, 1.807) is 12.1 Å². The molecule has 1 heterocycles. The van der Waals surface area contributed by atoms with Crippen LogP contribution in [0, 0.1) is 17.1 Å². The molecule has 1 saturated heterocycles. The fraction of sp³-hybridized carbons (Fsp3) is 0.148. The van der Waals surface area contributed by atoms with Gasteiger partial charge in [0, 0.05) is 17.3 Å². The first-order chi connectivity index (χ1) is 17.0. The minimum Gasteiger partial charge on any atom is -0.351 e. The van der Waals surface area contributed by atoms with Crippen molar-refractivity contribution in [2.75, 3.05) is 11.4 Å². The summed E-state index contributed by atoms with van der Waals surface area (Å²) in [6.45, 7) is 0.333. The second kappa shape index (κ2) is 11.2. The van der Waals surface area contributed by atoms with Crippen LogP contribution in [0.3, 0.4) is 0 Å². The summed E-state index contributed by atoms with van der Waals surface area (Å²) in [6.07, 6.45) is 0.919. The molecular weight excluding hydrogens is 485 g/mol. The lowest BCUT2D eigenvalue weighted by Crippen LogP contribution is -2.32. The largest absolute Gasteiger partial charge is 0.351 e. The smallest absolute Gasteiger partial charge is 0.264 e. The van der Waals surface area contributed by atoms with Gasteiger partial charge in [-0.25, -0.2) is 4.39 Å². The highest BCUT2D eigenvalue weighted by molar-refractivity contribution is 8.05. The number of hydrogen-bond acceptors (Lipinski definition) is 4. The molecule has 1 unspecified atom stereocenters. The summed E-state index contributed by atoms with van der Waals surface area (Å²) in [6, 6.07) is 24.2. The van der Waals surface area contributed by atoms with Gasteiger partial charge < -0.3 is 5.32 Å². The molecule has 1 fully saturated rings. The third-order valence-electron chi connectivity index (χ3n) is 5.50. The van der Waals surface area contributed by atoms with Gasteiger partial charge in [0.15, 0.2) is 0 Å². The quantitative estimate of drug-likeness (QED) is 0.351. The van der Waals surface area contributed by atoms with E-state index in [4.69, 9.17) is 11.6 Å². The van der Waals surface area contributed by atoms with Crippen molar-refractivity contribution in [3.63, 3.8) is 0 Å². The van der Waals surface area contributed by atoms with Gasteiger partial charge in [-0.3, -0.25) is 14.5 Å². The van der Waals surface area contributed by atoms with Crippen LogP contribution in [0.1, 0.15) is 11.1 Å². The molecule has 0 spiro atoms. The first-order valence-corrected chi connectivity index (χ1v) is 12.2. The Bertz CT molecular complexity index is 1310. The fourth-order valence-corrected chi connectivity index (χ4v) is 5.24. The SMILES string of the molecule is N#CC(C(=O)NCCc1ccccc1)=C1SC(Cc2ccccc2Cl)C(=O)N1c1ccc(F)cc1. The minimum absolute atomic E-state index is 0.164. The standard InChI is InChI=1S/C27H21ClFN3O2S/c28-23-9-5-4-8-19(23)16-24-26(34)32(21-12-10-20(29)11-13-21)27(35-24)22(17-30)25(33)31-15-14-18-6-2-1-3-7-18/h1-13,24H,14-16H2,(H,31,33). The van der Waals surface area contributed by atoms with Gasteiger partial charge >= 0.3 is 0 Å². The number of rotatable bonds is 7. The van der Waals surface area contributed by atoms with E-state index in [0.29, 0.717) is 30.1 Å². The summed E-state index contributed by atoms with van der Waals surface area (Å²) < 4.78 is 13.6. The second-order valence-corrected chi connectivity index (χ2v) is 9.43. The molecule has 4 rings (SSSR count). The van der Waals surface area contributed by atoms with E-state index in [1.807, 2.05) is 48.5 Å². The minimum atomic E-state index is -0.601. The molecule has 1 N–H and O–H groups in total. The summed E-state index contributed by atoms with van der Waals surface area (Å²) in [7, 11) is 0. The predicted molar refractivity (Wildman–Crippen MR) is 136 cm³/mol. The van der Waals surface area contributed by atoms with Gasteiger partial charge in [-0.15, -0.1) is 0 Å². The summed E-state index contributed by atoms with van der Waals surface area (Å²) in [4.78, 5) is 27.8. The van der Waals surface area contributed by atoms with E-state index >= 15 is 0 Å². The zero-order valence-electron chi connectivity index (χ0n) is 18.6. The molecule has 5 nitrogen and oxygen atoms in total. The Morgan fingerprint density at radius 1 is 1.06 bits per heavy atom. The van der Waals surface area contributed by atoms with E-state index < -0.39 is 17.0 Å². The van der Waals surface area contributed by atoms with Crippen LogP contribution in [0.4, 0.5) is 10.1 Å². The van der Waals surface area contributed by atoms with Crippen LogP contribution in [-0.4, -0.2) is 23.6 Å². The Labute approximate surface area is 212 Å². The molecular formula is C27H21ClFN3O2S. The summed E-state index contributed by atoms with van der Waals surface area (Å²) in [5.74, 6) is -1.32. The van der Waals surface area contributed by atoms with Crippen molar-refractivity contribution in [1.29, 1.82) is 5.26 Å². The molecule has 0 saturated carbocycles. The molecule has 2 amide bonds. The van der Waals surface area contributed by atoms with E-state index in [1.165, 1.54) is 29.2 Å². The van der Waals surface area contributed by atoms with E-state index in [-0.39, 0.29) is 16.5 Å². The van der Waals surface area contributed by atoms with Crippen molar-refractivity contribution in [3.05, 3.63) is 111 Å². The third-order valence-corrected chi connectivity index (χ3v) is 7.13. The van der Waals surface area contributed by atoms with E-state index in [9.17, 15) is 19.2 Å². The van der Waals surface area contributed by atoms with Crippen molar-refractivity contribution >= 4 is 40.9 Å². The monoisotopic (exact) mass is 505 g/mol. The zero-order valence-corrected chi connectivity index (χ0v) is 20.2. The maximum atomic E-state index is 13.6. The van der Waals surface area contributed by atoms with Crippen LogP contribution in [0.25, 0.3) is 0 Å². The van der Waals surface area contributed by atoms with Crippen LogP contribution < -0.4 is 10.2 Å². The summed E-state index contributed by atoms with van der Waals surface area (Å²) >= 11 is 7.44. The van der Waals surface area contributed by atoms with Crippen LogP contribution in [0.15, 0.2) is 89.5 Å². The Balaban J connectivity index is 1.62. The number of anilines is 1. The van der Waals surface area contributed by atoms with Crippen LogP contribution in [0.5, 0.6) is 0 Å². The first-order valence-electron chi connectivity index (χ1n) is 10.9. The van der Waals surface area contributed by atoms with Gasteiger partial charge in [-0.2, -0.15) is 5.26 Å². The number of nitrogens with zero attached hydrogens (tertiary/aromatic N) is 2. The molecule has 1 aliphatic heterocycles. The van der Waals surface area contributed by atoms with Gasteiger partial charge in [0.1, 0.15) is 22.5 Å². The predicted octanol–water partition coefficient (Wildman–Crippen LogP) is 5.26. The van der Waals surface area contributed by atoms with Gasteiger partial charge in [0.2, 0.25) is 5.91 Å². The lowest BCUT2D eigenvalue weighted by molar-refractivity contribution is -0.117. The molecule has 3 aromatic carbocycles. The van der Waals surface area contributed by atoms with Gasteiger partial charge in [0.05, 0.1) is 5.25 Å². The van der Waals surface area contributed by atoms with Crippen molar-refractivity contribution in [2.45, 2.75) is 18.1 Å². The third kappa shape index (κ3) is 5.73. The molecule has 0 bridgehead atoms. The maximum Gasteiger partial charge on any atom is 0.264 e. The maximum absolute atomic E-state index is 13.6. The topological polar surface area (TPSA) is 73.2 Å². The van der Waals surface area contributed by atoms with Crippen molar-refractivity contribution in [3.8, 4) is 6.07 Å². The Morgan fingerprint density at radius 2 is 1.74 bits per heavy atom. The number of amides is 2. The average Bonchev–Trinajstić information content (AvgIpc) is 3.17. The molecule has 35 heavy (non-hydrogen) atoms. The number of thioether (sulfide) groups is 1. The number of nitriles is 1. The van der Waals surface area contributed by atoms with Crippen molar-refractivity contribution < 1.29 is 14.0 Å². The highest BCUT2D eigenvalue weighted by Gasteiger charge is 2.41. The summed E-state index contributed by atoms with van der Waals surface area (Å²) in [5, 5.41) is 12.8. The van der Waals surface area contributed by atoms with Crippen molar-refractivity contribution in [2.24, 2.45) is 0 Å². The fourth-order valence-electron chi connectivity index (χ4n) is 3.73. The van der Waals surface area contributed by atoms with E-state index in [0.717, 1.165) is 22.9 Å². The lowest BCUT2D eigenvalue weighted by Gasteiger charge is -2.18. The molecule has 0 radical (unpaired) electrons. The Morgan fingerprint density at radius 3 is 2.43 bits per heavy atom. The van der Waals surface area contributed by atoms with Gasteiger partial charge in [-0.05, 0) is 54.3 Å². The number of carbonyl (C=O) groups excluding carboxylic acids is 2. The highest BCUT2D eigenvalue weighted by Crippen LogP contribution is 2.42. The van der Waals surface area contributed by atoms with Gasteiger partial charge in [0.25, 0.3) is 5.91 Å². The molecule has 3 aromatic rings. The number of benzene rings is 3. The molecule has 0 aliphatic carbocycles. The molecule has 8 heteroatoms. The van der Waals surface area contributed by atoms with E-state index in [2.05, 4.69) is 5.32 Å². The number of halogens is 2. The van der Waals surface area contributed by atoms with Crippen molar-refractivity contribution in [1.82, 2.24) is 5.32 Å². The number of hydrogen-bond donors (Lipinski definition) is 1. The molecule has 1 atom stereocenters. The zero-order chi connectivity index (χ0) is 24.8.